The third-order valence-corrected chi connectivity index (χ3v) is 2.07. The van der Waals surface area contributed by atoms with Crippen LogP contribution in [-0.4, -0.2) is 16.5 Å². The second-order valence-electron chi connectivity index (χ2n) is 3.63. The largest absolute Gasteiger partial charge is 0.330 e. The van der Waals surface area contributed by atoms with E-state index in [1.807, 2.05) is 12.3 Å². The summed E-state index contributed by atoms with van der Waals surface area (Å²) in [4.78, 5) is 8.66. The van der Waals surface area contributed by atoms with Gasteiger partial charge in [0, 0.05) is 30.3 Å². The summed E-state index contributed by atoms with van der Waals surface area (Å²) >= 11 is 0. The van der Waals surface area contributed by atoms with Crippen LogP contribution < -0.4 is 5.73 Å². The highest BCUT2D eigenvalue weighted by Gasteiger charge is 2.07. The van der Waals surface area contributed by atoms with Crippen molar-refractivity contribution in [2.75, 3.05) is 6.54 Å². The summed E-state index contributed by atoms with van der Waals surface area (Å²) < 4.78 is 0. The second-order valence-corrected chi connectivity index (χ2v) is 3.63. The number of aromatic nitrogens is 2. The SMILES string of the molecule is CC(C)c1nccc(C(C)CN)n1. The molecule has 13 heavy (non-hydrogen) atoms. The minimum absolute atomic E-state index is 0.320. The van der Waals surface area contributed by atoms with Crippen LogP contribution in [0.1, 0.15) is 44.1 Å². The third kappa shape index (κ3) is 2.49. The van der Waals surface area contributed by atoms with Gasteiger partial charge in [-0.2, -0.15) is 0 Å². The fraction of sp³-hybridized carbons (Fsp3) is 0.600. The molecule has 0 aromatic carbocycles. The highest BCUT2D eigenvalue weighted by Crippen LogP contribution is 2.13. The normalized spacial score (nSPS) is 13.3. The average Bonchev–Trinajstić information content (AvgIpc) is 2.17. The molecule has 0 spiro atoms. The first-order valence-corrected chi connectivity index (χ1v) is 4.68. The Labute approximate surface area is 79.4 Å². The zero-order chi connectivity index (χ0) is 9.84. The van der Waals surface area contributed by atoms with Crippen LogP contribution in [0, 0.1) is 0 Å². The average molecular weight is 179 g/mol. The van der Waals surface area contributed by atoms with Gasteiger partial charge in [-0.25, -0.2) is 9.97 Å². The Balaban J connectivity index is 2.91. The molecule has 1 aromatic rings. The van der Waals surface area contributed by atoms with E-state index in [2.05, 4.69) is 30.7 Å². The van der Waals surface area contributed by atoms with Crippen molar-refractivity contribution in [3.05, 3.63) is 23.8 Å². The van der Waals surface area contributed by atoms with Gasteiger partial charge in [0.15, 0.2) is 0 Å². The molecule has 0 bridgehead atoms. The number of nitrogens with zero attached hydrogens (tertiary/aromatic N) is 2. The second kappa shape index (κ2) is 4.33. The Morgan fingerprint density at radius 1 is 1.38 bits per heavy atom. The molecule has 1 rings (SSSR count). The van der Waals surface area contributed by atoms with Gasteiger partial charge in [-0.3, -0.25) is 0 Å². The van der Waals surface area contributed by atoms with Gasteiger partial charge in [-0.1, -0.05) is 20.8 Å². The molecule has 0 amide bonds. The van der Waals surface area contributed by atoms with Crippen molar-refractivity contribution in [2.24, 2.45) is 5.73 Å². The molecule has 3 nitrogen and oxygen atoms in total. The summed E-state index contributed by atoms with van der Waals surface area (Å²) in [6.45, 7) is 6.89. The Morgan fingerprint density at radius 2 is 2.08 bits per heavy atom. The molecule has 0 fully saturated rings. The highest BCUT2D eigenvalue weighted by molar-refractivity contribution is 5.09. The first kappa shape index (κ1) is 10.1. The number of hydrogen-bond donors (Lipinski definition) is 1. The van der Waals surface area contributed by atoms with Crippen LogP contribution in [-0.2, 0) is 0 Å². The molecule has 0 radical (unpaired) electrons. The third-order valence-electron chi connectivity index (χ3n) is 2.07. The first-order valence-electron chi connectivity index (χ1n) is 4.68. The summed E-state index contributed by atoms with van der Waals surface area (Å²) in [5, 5.41) is 0. The van der Waals surface area contributed by atoms with Gasteiger partial charge in [0.2, 0.25) is 0 Å². The lowest BCUT2D eigenvalue weighted by Crippen LogP contribution is -2.12. The Hall–Kier alpha value is -0.960. The molecule has 1 atom stereocenters. The molecule has 1 aromatic heterocycles. The van der Waals surface area contributed by atoms with E-state index in [1.54, 1.807) is 0 Å². The van der Waals surface area contributed by atoms with E-state index < -0.39 is 0 Å². The van der Waals surface area contributed by atoms with Crippen molar-refractivity contribution in [3.63, 3.8) is 0 Å². The highest BCUT2D eigenvalue weighted by atomic mass is 14.9. The van der Waals surface area contributed by atoms with E-state index in [0.29, 0.717) is 18.4 Å². The molecule has 0 saturated heterocycles. The van der Waals surface area contributed by atoms with E-state index >= 15 is 0 Å². The van der Waals surface area contributed by atoms with E-state index in [-0.39, 0.29) is 0 Å². The maximum absolute atomic E-state index is 5.57. The van der Waals surface area contributed by atoms with Crippen molar-refractivity contribution < 1.29 is 0 Å². The summed E-state index contributed by atoms with van der Waals surface area (Å²) in [7, 11) is 0. The van der Waals surface area contributed by atoms with Gasteiger partial charge in [0.1, 0.15) is 5.82 Å². The molecule has 1 unspecified atom stereocenters. The van der Waals surface area contributed by atoms with Crippen molar-refractivity contribution in [3.8, 4) is 0 Å². The predicted octanol–water partition coefficient (Wildman–Crippen LogP) is 1.66. The monoisotopic (exact) mass is 179 g/mol. The lowest BCUT2D eigenvalue weighted by atomic mass is 10.1. The minimum Gasteiger partial charge on any atom is -0.330 e. The van der Waals surface area contributed by atoms with Gasteiger partial charge >= 0.3 is 0 Å². The summed E-state index contributed by atoms with van der Waals surface area (Å²) in [6.07, 6.45) is 1.81. The molecule has 72 valence electrons. The van der Waals surface area contributed by atoms with Crippen LogP contribution in [0.15, 0.2) is 12.3 Å². The standard InChI is InChI=1S/C10H17N3/c1-7(2)10-12-5-4-9(13-10)8(3)6-11/h4-5,7-8H,6,11H2,1-3H3. The summed E-state index contributed by atoms with van der Waals surface area (Å²) in [5.41, 5.74) is 6.61. The Morgan fingerprint density at radius 3 is 2.62 bits per heavy atom. The van der Waals surface area contributed by atoms with Crippen molar-refractivity contribution >= 4 is 0 Å². The fourth-order valence-corrected chi connectivity index (χ4v) is 1.06. The van der Waals surface area contributed by atoms with Crippen molar-refractivity contribution in [1.29, 1.82) is 0 Å². The fourth-order valence-electron chi connectivity index (χ4n) is 1.06. The number of hydrogen-bond acceptors (Lipinski definition) is 3. The molecule has 0 aliphatic rings. The van der Waals surface area contributed by atoms with Crippen LogP contribution in [0.2, 0.25) is 0 Å². The Bertz CT molecular complexity index is 271. The van der Waals surface area contributed by atoms with E-state index in [0.717, 1.165) is 11.5 Å². The van der Waals surface area contributed by atoms with Crippen molar-refractivity contribution in [1.82, 2.24) is 9.97 Å². The zero-order valence-electron chi connectivity index (χ0n) is 8.49. The van der Waals surface area contributed by atoms with Crippen LogP contribution in [0.25, 0.3) is 0 Å². The summed E-state index contributed by atoms with van der Waals surface area (Å²) in [6, 6.07) is 1.93. The first-order chi connectivity index (χ1) is 6.15. The quantitative estimate of drug-likeness (QED) is 0.767. The number of nitrogens with two attached hydrogens (primary N) is 1. The van der Waals surface area contributed by atoms with E-state index in [4.69, 9.17) is 5.73 Å². The molecule has 0 saturated carbocycles. The molecule has 2 N–H and O–H groups in total. The molecule has 1 heterocycles. The predicted molar refractivity (Wildman–Crippen MR) is 53.6 cm³/mol. The van der Waals surface area contributed by atoms with Crippen LogP contribution >= 0.6 is 0 Å². The molecule has 0 aliphatic heterocycles. The maximum Gasteiger partial charge on any atom is 0.131 e. The van der Waals surface area contributed by atoms with Gasteiger partial charge < -0.3 is 5.73 Å². The molecule has 3 heteroatoms. The van der Waals surface area contributed by atoms with Gasteiger partial charge in [-0.15, -0.1) is 0 Å². The van der Waals surface area contributed by atoms with E-state index in [1.165, 1.54) is 0 Å². The number of rotatable bonds is 3. The van der Waals surface area contributed by atoms with Crippen LogP contribution in [0.5, 0.6) is 0 Å². The van der Waals surface area contributed by atoms with Crippen LogP contribution in [0.4, 0.5) is 0 Å². The molecular formula is C10H17N3. The lowest BCUT2D eigenvalue weighted by Gasteiger charge is -2.10. The maximum atomic E-state index is 5.57. The summed E-state index contributed by atoms with van der Waals surface area (Å²) in [5.74, 6) is 1.60. The smallest absolute Gasteiger partial charge is 0.131 e. The van der Waals surface area contributed by atoms with Gasteiger partial charge in [-0.05, 0) is 6.07 Å². The van der Waals surface area contributed by atoms with Crippen molar-refractivity contribution in [2.45, 2.75) is 32.6 Å². The van der Waals surface area contributed by atoms with Crippen LogP contribution in [0.3, 0.4) is 0 Å². The molecular weight excluding hydrogens is 162 g/mol. The Kier molecular flexibility index (Phi) is 3.37. The van der Waals surface area contributed by atoms with E-state index in [9.17, 15) is 0 Å². The van der Waals surface area contributed by atoms with Gasteiger partial charge in [0.25, 0.3) is 0 Å². The lowest BCUT2D eigenvalue weighted by molar-refractivity contribution is 0.700. The minimum atomic E-state index is 0.320. The van der Waals surface area contributed by atoms with Gasteiger partial charge in [0.05, 0.1) is 0 Å². The zero-order valence-corrected chi connectivity index (χ0v) is 8.49. The molecule has 0 aliphatic carbocycles. The topological polar surface area (TPSA) is 51.8 Å².